The molecule has 178 valence electrons. The van der Waals surface area contributed by atoms with Crippen molar-refractivity contribution < 1.29 is 29.2 Å². The molecule has 7 nitrogen and oxygen atoms in total. The zero-order valence-electron chi connectivity index (χ0n) is 18.5. The summed E-state index contributed by atoms with van der Waals surface area (Å²) in [5.74, 6) is -0.0237. The number of nitrogens with one attached hydrogen (secondary N) is 1. The zero-order chi connectivity index (χ0) is 24.8. The van der Waals surface area contributed by atoms with Crippen LogP contribution in [0.5, 0.6) is 17.2 Å². The van der Waals surface area contributed by atoms with Crippen LogP contribution in [-0.4, -0.2) is 38.9 Å². The lowest BCUT2D eigenvalue weighted by molar-refractivity contribution is 0.0167. The summed E-state index contributed by atoms with van der Waals surface area (Å²) in [6.07, 6.45) is -2.67. The first-order valence-corrected chi connectivity index (χ1v) is 10.8. The first-order chi connectivity index (χ1) is 16.9. The number of ether oxygens (including phenoxy) is 1. The smallest absolute Gasteiger partial charge is 0.255 e. The maximum absolute atomic E-state index is 13.0. The Kier molecular flexibility index (Phi) is 7.35. The molecule has 0 aliphatic rings. The first kappa shape index (κ1) is 23.9. The van der Waals surface area contributed by atoms with Crippen LogP contribution in [0.2, 0.25) is 0 Å². The van der Waals surface area contributed by atoms with Crippen molar-refractivity contribution in [3.63, 3.8) is 0 Å². The van der Waals surface area contributed by atoms with Gasteiger partial charge < -0.3 is 25.4 Å². The predicted octanol–water partition coefficient (Wildman–Crippen LogP) is 4.21. The lowest BCUT2D eigenvalue weighted by atomic mass is 10.1. The van der Waals surface area contributed by atoms with E-state index in [1.165, 1.54) is 36.4 Å². The molecule has 8 heteroatoms. The Morgan fingerprint density at radius 1 is 0.886 bits per heavy atom. The maximum atomic E-state index is 13.0. The van der Waals surface area contributed by atoms with E-state index in [-0.39, 0.29) is 29.4 Å². The number of carbonyl (C=O) groups is 1. The van der Waals surface area contributed by atoms with E-state index in [1.807, 2.05) is 0 Å². The number of rotatable bonds is 8. The van der Waals surface area contributed by atoms with E-state index in [0.717, 1.165) is 5.56 Å². The minimum absolute atomic E-state index is 0.0705. The van der Waals surface area contributed by atoms with E-state index in [0.29, 0.717) is 17.2 Å². The van der Waals surface area contributed by atoms with Crippen molar-refractivity contribution in [2.45, 2.75) is 12.2 Å². The number of hydrogen-bond acceptors (Lipinski definition) is 6. The van der Waals surface area contributed by atoms with Gasteiger partial charge in [0.15, 0.2) is 0 Å². The van der Waals surface area contributed by atoms with Crippen LogP contribution in [0, 0.1) is 5.82 Å². The largest absolute Gasteiger partial charge is 0.507 e. The number of aromatic hydroxyl groups is 1. The number of pyridine rings is 1. The molecule has 1 heterocycles. The van der Waals surface area contributed by atoms with Crippen LogP contribution in [-0.2, 0) is 0 Å². The minimum Gasteiger partial charge on any atom is -0.507 e. The number of nitrogens with zero attached hydrogens (tertiary/aromatic N) is 1. The lowest BCUT2D eigenvalue weighted by Crippen LogP contribution is -2.35. The molecule has 0 saturated heterocycles. The van der Waals surface area contributed by atoms with Gasteiger partial charge in [0.2, 0.25) is 0 Å². The number of aliphatic hydroxyl groups excluding tert-OH is 2. The van der Waals surface area contributed by atoms with Crippen molar-refractivity contribution in [2.24, 2.45) is 0 Å². The average Bonchev–Trinajstić information content (AvgIpc) is 2.89. The molecule has 1 aromatic heterocycles. The van der Waals surface area contributed by atoms with Gasteiger partial charge in [-0.1, -0.05) is 18.2 Å². The SMILES string of the molecule is O=C(NCC(O)C(O)c1cccc(-c2ccc(Oc3ccc(F)cc3)cc2)n1)c1ccccc1O. The van der Waals surface area contributed by atoms with Gasteiger partial charge in [0.1, 0.15) is 35.3 Å². The van der Waals surface area contributed by atoms with Crippen LogP contribution in [0.25, 0.3) is 11.3 Å². The van der Waals surface area contributed by atoms with E-state index < -0.39 is 18.1 Å². The number of carbonyl (C=O) groups excluding carboxylic acids is 1. The van der Waals surface area contributed by atoms with Crippen LogP contribution in [0.15, 0.2) is 91.0 Å². The number of benzene rings is 3. The number of phenols is 1. The Balaban J connectivity index is 1.40. The zero-order valence-corrected chi connectivity index (χ0v) is 18.5. The number of aromatic nitrogens is 1. The molecular weight excluding hydrogens is 451 g/mol. The first-order valence-electron chi connectivity index (χ1n) is 10.8. The molecule has 0 saturated carbocycles. The Hall–Kier alpha value is -4.27. The third-order valence-corrected chi connectivity index (χ3v) is 5.26. The highest BCUT2D eigenvalue weighted by Crippen LogP contribution is 2.26. The van der Waals surface area contributed by atoms with E-state index in [2.05, 4.69) is 10.3 Å². The summed E-state index contributed by atoms with van der Waals surface area (Å²) in [5, 5.41) is 33.2. The summed E-state index contributed by atoms with van der Waals surface area (Å²) in [4.78, 5) is 16.7. The van der Waals surface area contributed by atoms with Crippen molar-refractivity contribution in [3.05, 3.63) is 108 Å². The van der Waals surface area contributed by atoms with Crippen molar-refractivity contribution in [3.8, 4) is 28.5 Å². The van der Waals surface area contributed by atoms with E-state index in [1.54, 1.807) is 54.6 Å². The molecule has 0 spiro atoms. The Morgan fingerprint density at radius 3 is 2.23 bits per heavy atom. The number of hydrogen-bond donors (Lipinski definition) is 4. The normalized spacial score (nSPS) is 12.5. The van der Waals surface area contributed by atoms with E-state index >= 15 is 0 Å². The van der Waals surface area contributed by atoms with Gasteiger partial charge in [-0.2, -0.15) is 0 Å². The van der Waals surface area contributed by atoms with Crippen molar-refractivity contribution >= 4 is 5.91 Å². The highest BCUT2D eigenvalue weighted by Gasteiger charge is 2.21. The molecule has 35 heavy (non-hydrogen) atoms. The second-order valence-corrected chi connectivity index (χ2v) is 7.77. The van der Waals surface area contributed by atoms with Crippen LogP contribution < -0.4 is 10.1 Å². The second kappa shape index (κ2) is 10.8. The van der Waals surface area contributed by atoms with Crippen LogP contribution in [0.1, 0.15) is 22.2 Å². The molecule has 3 aromatic carbocycles. The molecule has 0 aliphatic carbocycles. The van der Waals surface area contributed by atoms with Crippen molar-refractivity contribution in [1.29, 1.82) is 0 Å². The minimum atomic E-state index is -1.35. The van der Waals surface area contributed by atoms with Crippen LogP contribution >= 0.6 is 0 Å². The Labute approximate surface area is 201 Å². The maximum Gasteiger partial charge on any atom is 0.255 e. The van der Waals surface area contributed by atoms with Crippen molar-refractivity contribution in [1.82, 2.24) is 10.3 Å². The molecule has 0 fully saturated rings. The fraction of sp³-hybridized carbons (Fsp3) is 0.111. The lowest BCUT2D eigenvalue weighted by Gasteiger charge is -2.18. The number of amides is 1. The monoisotopic (exact) mass is 474 g/mol. The fourth-order valence-corrected chi connectivity index (χ4v) is 3.38. The second-order valence-electron chi connectivity index (χ2n) is 7.77. The van der Waals surface area contributed by atoms with Gasteiger partial charge in [-0.25, -0.2) is 9.37 Å². The topological polar surface area (TPSA) is 112 Å². The van der Waals surface area contributed by atoms with Crippen molar-refractivity contribution in [2.75, 3.05) is 6.54 Å². The summed E-state index contributed by atoms with van der Waals surface area (Å²) in [6, 6.07) is 23.9. The molecule has 1 amide bonds. The summed E-state index contributed by atoms with van der Waals surface area (Å²) in [7, 11) is 0. The Bertz CT molecular complexity index is 1300. The summed E-state index contributed by atoms with van der Waals surface area (Å²) >= 11 is 0. The molecule has 0 bridgehead atoms. The third kappa shape index (κ3) is 6.00. The Morgan fingerprint density at radius 2 is 1.54 bits per heavy atom. The number of phenolic OH excluding ortho intramolecular Hbond substituents is 1. The van der Waals surface area contributed by atoms with Gasteiger partial charge in [-0.05, 0) is 72.8 Å². The molecule has 4 N–H and O–H groups in total. The summed E-state index contributed by atoms with van der Waals surface area (Å²) in [6.45, 7) is -0.240. The van der Waals surface area contributed by atoms with Gasteiger partial charge in [-0.15, -0.1) is 0 Å². The molecule has 2 unspecified atom stereocenters. The number of para-hydroxylation sites is 1. The molecule has 2 atom stereocenters. The molecular formula is C27H23FN2O5. The van der Waals surface area contributed by atoms with Gasteiger partial charge in [0.05, 0.1) is 17.0 Å². The molecule has 4 aromatic rings. The van der Waals surface area contributed by atoms with E-state index in [9.17, 15) is 24.5 Å². The molecule has 0 aliphatic heterocycles. The van der Waals surface area contributed by atoms with Crippen LogP contribution in [0.4, 0.5) is 4.39 Å². The molecule has 4 rings (SSSR count). The standard InChI is InChI=1S/C27H23FN2O5/c28-18-10-14-20(15-11-18)35-19-12-8-17(9-13-19)22-5-3-6-23(30-22)26(33)25(32)16-29-27(34)21-4-1-2-7-24(21)31/h1-15,25-26,31-33H,16H2,(H,29,34). The van der Waals surface area contributed by atoms with Crippen LogP contribution in [0.3, 0.4) is 0 Å². The quantitative estimate of drug-likeness (QED) is 0.304. The summed E-state index contributed by atoms with van der Waals surface area (Å²) < 4.78 is 18.7. The van der Waals surface area contributed by atoms with Gasteiger partial charge in [-0.3, -0.25) is 4.79 Å². The summed E-state index contributed by atoms with van der Waals surface area (Å²) in [5.41, 5.74) is 1.63. The highest BCUT2D eigenvalue weighted by atomic mass is 19.1. The van der Waals surface area contributed by atoms with Gasteiger partial charge in [0, 0.05) is 12.1 Å². The fourth-order valence-electron chi connectivity index (χ4n) is 3.38. The predicted molar refractivity (Wildman–Crippen MR) is 128 cm³/mol. The molecule has 0 radical (unpaired) electrons. The van der Waals surface area contributed by atoms with Gasteiger partial charge >= 0.3 is 0 Å². The van der Waals surface area contributed by atoms with Gasteiger partial charge in [0.25, 0.3) is 5.91 Å². The average molecular weight is 474 g/mol. The number of aliphatic hydroxyl groups is 2. The number of halogens is 1. The highest BCUT2D eigenvalue weighted by molar-refractivity contribution is 5.96. The van der Waals surface area contributed by atoms with E-state index in [4.69, 9.17) is 4.74 Å². The third-order valence-electron chi connectivity index (χ3n) is 5.26.